The van der Waals surface area contributed by atoms with Crippen LogP contribution in [0.4, 0.5) is 11.6 Å². The summed E-state index contributed by atoms with van der Waals surface area (Å²) >= 11 is 0. The smallest absolute Gasteiger partial charge is 0.270 e. The Hall–Kier alpha value is -3.20. The normalized spacial score (nSPS) is 13.5. The first kappa shape index (κ1) is 23.5. The summed E-state index contributed by atoms with van der Waals surface area (Å²) in [5.74, 6) is 0.463. The molecule has 32 heavy (non-hydrogen) atoms. The van der Waals surface area contributed by atoms with E-state index < -0.39 is 0 Å². The van der Waals surface area contributed by atoms with Crippen LogP contribution in [0.1, 0.15) is 84.0 Å². The van der Waals surface area contributed by atoms with Gasteiger partial charge in [0.2, 0.25) is 5.95 Å². The molecular weight excluding hydrogens is 398 g/mol. The quantitative estimate of drug-likeness (QED) is 0.492. The van der Waals surface area contributed by atoms with Crippen LogP contribution in [0.2, 0.25) is 0 Å². The zero-order valence-electron chi connectivity index (χ0n) is 19.6. The summed E-state index contributed by atoms with van der Waals surface area (Å²) in [4.78, 5) is 22.1. The molecule has 6 heteroatoms. The maximum Gasteiger partial charge on any atom is 0.270 e. The van der Waals surface area contributed by atoms with E-state index in [0.717, 1.165) is 56.0 Å². The fourth-order valence-corrected chi connectivity index (χ4v) is 4.44. The van der Waals surface area contributed by atoms with Crippen LogP contribution >= 0.6 is 0 Å². The zero-order chi connectivity index (χ0) is 23.1. The highest BCUT2D eigenvalue weighted by Crippen LogP contribution is 2.31. The molecule has 1 saturated carbocycles. The van der Waals surface area contributed by atoms with Crippen molar-refractivity contribution in [3.8, 4) is 6.07 Å². The third-order valence-corrected chi connectivity index (χ3v) is 5.95. The van der Waals surface area contributed by atoms with Crippen molar-refractivity contribution in [2.45, 2.75) is 78.7 Å². The largest absolute Gasteiger partial charge is 0.324 e. The lowest BCUT2D eigenvalue weighted by molar-refractivity contribution is 0.515. The zero-order valence-corrected chi connectivity index (χ0v) is 19.6. The molecule has 1 N–H and O–H groups in total. The molecule has 1 aliphatic carbocycles. The Morgan fingerprint density at radius 2 is 1.94 bits per heavy atom. The van der Waals surface area contributed by atoms with Crippen molar-refractivity contribution in [2.24, 2.45) is 0 Å². The van der Waals surface area contributed by atoms with E-state index in [2.05, 4.69) is 36.3 Å². The fourth-order valence-electron chi connectivity index (χ4n) is 4.44. The summed E-state index contributed by atoms with van der Waals surface area (Å²) in [6.45, 7) is 8.36. The van der Waals surface area contributed by atoms with Gasteiger partial charge < -0.3 is 5.32 Å². The van der Waals surface area contributed by atoms with Gasteiger partial charge in [-0.2, -0.15) is 10.2 Å². The molecular formula is C26H35N5O. The highest BCUT2D eigenvalue weighted by Gasteiger charge is 2.22. The van der Waals surface area contributed by atoms with E-state index in [1.165, 1.54) is 11.1 Å². The van der Waals surface area contributed by atoms with Gasteiger partial charge in [-0.1, -0.05) is 53.0 Å². The summed E-state index contributed by atoms with van der Waals surface area (Å²) < 4.78 is 1.72. The fraction of sp³-hybridized carbons (Fsp3) is 0.462. The van der Waals surface area contributed by atoms with Crippen LogP contribution in [0.3, 0.4) is 0 Å². The van der Waals surface area contributed by atoms with Crippen molar-refractivity contribution in [3.63, 3.8) is 0 Å². The monoisotopic (exact) mass is 433 g/mol. The van der Waals surface area contributed by atoms with Crippen LogP contribution < -0.4 is 10.9 Å². The van der Waals surface area contributed by atoms with E-state index in [1.807, 2.05) is 26.0 Å². The molecule has 0 saturated heterocycles. The van der Waals surface area contributed by atoms with Crippen molar-refractivity contribution in [2.75, 3.05) is 5.32 Å². The maximum atomic E-state index is 12.9. The van der Waals surface area contributed by atoms with Crippen molar-refractivity contribution in [1.29, 1.82) is 5.26 Å². The predicted molar refractivity (Wildman–Crippen MR) is 133 cm³/mol. The molecule has 2 aromatic heterocycles. The summed E-state index contributed by atoms with van der Waals surface area (Å²) in [6, 6.07) is 10.1. The molecule has 3 aromatic rings. The summed E-state index contributed by atoms with van der Waals surface area (Å²) in [5.41, 5.74) is 4.14. The first-order valence-corrected chi connectivity index (χ1v) is 11.9. The van der Waals surface area contributed by atoms with Gasteiger partial charge in [0.05, 0.1) is 0 Å². The van der Waals surface area contributed by atoms with E-state index in [9.17, 15) is 10.1 Å². The summed E-state index contributed by atoms with van der Waals surface area (Å²) in [7, 11) is 0. The number of aromatic nitrogens is 3. The van der Waals surface area contributed by atoms with Crippen LogP contribution in [-0.2, 0) is 12.8 Å². The second-order valence-electron chi connectivity index (χ2n) is 7.97. The molecule has 0 atom stereocenters. The van der Waals surface area contributed by atoms with Gasteiger partial charge in [0.15, 0.2) is 0 Å². The number of nitrogens with one attached hydrogen (secondary N) is 1. The molecule has 1 fully saturated rings. The SMILES string of the molecule is CC.CCCc1cc(Nc2ncc3cc(C#N)c(=O)n(C4CCCC4)c3n2)ccc1CC.[HH]. The van der Waals surface area contributed by atoms with Crippen molar-refractivity contribution in [1.82, 2.24) is 14.5 Å². The lowest BCUT2D eigenvalue weighted by Crippen LogP contribution is -2.26. The number of nitrogens with zero attached hydrogens (tertiary/aromatic N) is 4. The van der Waals surface area contributed by atoms with Gasteiger partial charge in [-0.25, -0.2) is 4.98 Å². The first-order valence-electron chi connectivity index (χ1n) is 11.9. The van der Waals surface area contributed by atoms with E-state index in [0.29, 0.717) is 11.6 Å². The number of rotatable bonds is 6. The van der Waals surface area contributed by atoms with E-state index in [4.69, 9.17) is 4.98 Å². The lowest BCUT2D eigenvalue weighted by Gasteiger charge is -2.17. The van der Waals surface area contributed by atoms with Gasteiger partial charge in [-0.3, -0.25) is 9.36 Å². The number of aryl methyl sites for hydroxylation is 2. The Morgan fingerprint density at radius 3 is 2.59 bits per heavy atom. The third-order valence-electron chi connectivity index (χ3n) is 5.95. The molecule has 0 radical (unpaired) electrons. The number of hydrogen-bond donors (Lipinski definition) is 1. The van der Waals surface area contributed by atoms with E-state index >= 15 is 0 Å². The summed E-state index contributed by atoms with van der Waals surface area (Å²) in [5, 5.41) is 13.4. The van der Waals surface area contributed by atoms with E-state index in [-0.39, 0.29) is 18.6 Å². The Labute approximate surface area is 191 Å². The van der Waals surface area contributed by atoms with Crippen LogP contribution in [-0.4, -0.2) is 14.5 Å². The minimum atomic E-state index is -0.251. The minimum Gasteiger partial charge on any atom is -0.324 e. The third kappa shape index (κ3) is 4.83. The average Bonchev–Trinajstić information content (AvgIpc) is 3.35. The topological polar surface area (TPSA) is 83.6 Å². The van der Waals surface area contributed by atoms with Crippen molar-refractivity contribution in [3.05, 3.63) is 57.5 Å². The van der Waals surface area contributed by atoms with Gasteiger partial charge in [0, 0.05) is 24.7 Å². The van der Waals surface area contributed by atoms with Crippen molar-refractivity contribution < 1.29 is 1.43 Å². The molecule has 0 bridgehead atoms. The molecule has 4 rings (SSSR count). The highest BCUT2D eigenvalue weighted by atomic mass is 16.1. The van der Waals surface area contributed by atoms with Crippen LogP contribution in [0.15, 0.2) is 35.3 Å². The van der Waals surface area contributed by atoms with Crippen LogP contribution in [0, 0.1) is 11.3 Å². The Bertz CT molecular complexity index is 1180. The molecule has 1 aromatic carbocycles. The average molecular weight is 434 g/mol. The molecule has 2 heterocycles. The number of nitriles is 1. The predicted octanol–water partition coefficient (Wildman–Crippen LogP) is 6.31. The van der Waals surface area contributed by atoms with Gasteiger partial charge in [0.1, 0.15) is 17.3 Å². The number of pyridine rings is 1. The Kier molecular flexibility index (Phi) is 7.99. The summed E-state index contributed by atoms with van der Waals surface area (Å²) in [6.07, 6.45) is 8.91. The van der Waals surface area contributed by atoms with Crippen LogP contribution in [0.5, 0.6) is 0 Å². The number of fused-ring (bicyclic) bond motifs is 1. The number of benzene rings is 1. The molecule has 0 aliphatic heterocycles. The second-order valence-corrected chi connectivity index (χ2v) is 7.97. The van der Waals surface area contributed by atoms with Gasteiger partial charge in [-0.15, -0.1) is 0 Å². The van der Waals surface area contributed by atoms with Gasteiger partial charge >= 0.3 is 0 Å². The van der Waals surface area contributed by atoms with E-state index in [1.54, 1.807) is 16.8 Å². The Balaban J connectivity index is 0.00000125. The molecule has 170 valence electrons. The first-order chi connectivity index (χ1) is 15.6. The minimum absolute atomic E-state index is 0. The van der Waals surface area contributed by atoms with Gasteiger partial charge in [-0.05, 0) is 55.0 Å². The van der Waals surface area contributed by atoms with Gasteiger partial charge in [0.25, 0.3) is 5.56 Å². The standard InChI is InChI=1S/C24H27N5O.C2H6.H2/c1-3-7-17-13-20(11-10-16(17)4-2)27-24-26-15-19-12-18(14-25)23(30)29(22(19)28-24)21-8-5-6-9-21;1-2;/h10-13,15,21H,3-9H2,1-2H3,(H,26,27,28);1-2H3;1H. The Morgan fingerprint density at radius 1 is 1.19 bits per heavy atom. The second kappa shape index (κ2) is 10.9. The maximum absolute atomic E-state index is 12.9. The number of anilines is 2. The molecule has 0 spiro atoms. The molecule has 0 unspecified atom stereocenters. The molecule has 1 aliphatic rings. The number of hydrogen-bond acceptors (Lipinski definition) is 5. The molecule has 0 amide bonds. The van der Waals surface area contributed by atoms with Crippen LogP contribution in [0.25, 0.3) is 11.0 Å². The lowest BCUT2D eigenvalue weighted by atomic mass is 10.0. The molecule has 6 nitrogen and oxygen atoms in total. The highest BCUT2D eigenvalue weighted by molar-refractivity contribution is 5.77. The van der Waals surface area contributed by atoms with Crippen molar-refractivity contribution >= 4 is 22.7 Å².